The van der Waals surface area contributed by atoms with Gasteiger partial charge in [0.1, 0.15) is 5.82 Å². The van der Waals surface area contributed by atoms with Crippen molar-refractivity contribution >= 4 is 0 Å². The van der Waals surface area contributed by atoms with Crippen LogP contribution in [0.2, 0.25) is 0 Å². The zero-order valence-electron chi connectivity index (χ0n) is 15.9. The second kappa shape index (κ2) is 6.24. The van der Waals surface area contributed by atoms with E-state index in [1.165, 1.54) is 18.4 Å². The second-order valence-electron chi connectivity index (χ2n) is 8.70. The quantitative estimate of drug-likeness (QED) is 0.920. The zero-order valence-corrected chi connectivity index (χ0v) is 15.9. The number of aryl methyl sites for hydroxylation is 1. The van der Waals surface area contributed by atoms with E-state index >= 15 is 0 Å². The lowest BCUT2D eigenvalue weighted by atomic mass is 9.56. The number of aromatic nitrogens is 3. The molecule has 2 aromatic rings. The minimum Gasteiger partial charge on any atom is -0.309 e. The minimum absolute atomic E-state index is 0.299. The second-order valence-corrected chi connectivity index (χ2v) is 8.70. The van der Waals surface area contributed by atoms with Gasteiger partial charge in [0.25, 0.3) is 0 Å². The molecule has 3 unspecified atom stereocenters. The van der Waals surface area contributed by atoms with Gasteiger partial charge < -0.3 is 5.32 Å². The van der Waals surface area contributed by atoms with Crippen molar-refractivity contribution in [3.8, 4) is 0 Å². The van der Waals surface area contributed by atoms with E-state index in [-0.39, 0.29) is 0 Å². The van der Waals surface area contributed by atoms with Gasteiger partial charge in [-0.05, 0) is 29.7 Å². The smallest absolute Gasteiger partial charge is 0.153 e. The molecule has 134 valence electrons. The number of hydrogen-bond acceptors (Lipinski definition) is 3. The van der Waals surface area contributed by atoms with Crippen LogP contribution in [0.1, 0.15) is 69.6 Å². The molecule has 1 saturated carbocycles. The van der Waals surface area contributed by atoms with Crippen LogP contribution in [-0.4, -0.2) is 26.8 Å². The summed E-state index contributed by atoms with van der Waals surface area (Å²) in [6.07, 6.45) is 3.43. The molecule has 1 fully saturated rings. The molecule has 0 saturated heterocycles. The Morgan fingerprint density at radius 1 is 1.20 bits per heavy atom. The van der Waals surface area contributed by atoms with Crippen LogP contribution in [0.25, 0.3) is 0 Å². The maximum absolute atomic E-state index is 4.72. The van der Waals surface area contributed by atoms with Crippen LogP contribution in [0.3, 0.4) is 0 Å². The summed E-state index contributed by atoms with van der Waals surface area (Å²) in [4.78, 5) is 4.70. The fraction of sp³-hybridized carbons (Fsp3) is 0.619. The Balaban J connectivity index is 1.40. The maximum Gasteiger partial charge on any atom is 0.153 e. The highest BCUT2D eigenvalue weighted by atomic mass is 15.4. The predicted molar refractivity (Wildman–Crippen MR) is 101 cm³/mol. The summed E-state index contributed by atoms with van der Waals surface area (Å²) in [6, 6.07) is 12.1. The summed E-state index contributed by atoms with van der Waals surface area (Å²) < 4.78 is 2.14. The average Bonchev–Trinajstić information content (AvgIpc) is 3.02. The van der Waals surface area contributed by atoms with E-state index in [1.54, 1.807) is 0 Å². The van der Waals surface area contributed by atoms with Crippen molar-refractivity contribution in [1.82, 2.24) is 20.1 Å². The van der Waals surface area contributed by atoms with Gasteiger partial charge in [-0.25, -0.2) is 9.67 Å². The highest BCUT2D eigenvalue weighted by molar-refractivity contribution is 5.27. The summed E-state index contributed by atoms with van der Waals surface area (Å²) in [7, 11) is 0. The lowest BCUT2D eigenvalue weighted by Gasteiger charge is -2.54. The van der Waals surface area contributed by atoms with Crippen LogP contribution >= 0.6 is 0 Å². The van der Waals surface area contributed by atoms with Crippen LogP contribution in [0.15, 0.2) is 30.3 Å². The van der Waals surface area contributed by atoms with E-state index in [9.17, 15) is 0 Å². The minimum atomic E-state index is 0.299. The highest BCUT2D eigenvalue weighted by Crippen LogP contribution is 2.52. The number of fused-ring (bicyclic) bond motifs is 1. The van der Waals surface area contributed by atoms with E-state index in [0.29, 0.717) is 29.3 Å². The summed E-state index contributed by atoms with van der Waals surface area (Å²) >= 11 is 0. The molecule has 1 aliphatic heterocycles. The normalized spacial score (nSPS) is 27.8. The maximum atomic E-state index is 4.72. The molecule has 0 radical (unpaired) electrons. The van der Waals surface area contributed by atoms with Gasteiger partial charge in [0.2, 0.25) is 0 Å². The number of nitrogens with one attached hydrogen (secondary N) is 1. The largest absolute Gasteiger partial charge is 0.309 e. The molecule has 1 aromatic heterocycles. The summed E-state index contributed by atoms with van der Waals surface area (Å²) in [5.74, 6) is 3.21. The molecule has 1 aromatic carbocycles. The molecule has 2 heterocycles. The lowest BCUT2D eigenvalue weighted by Crippen LogP contribution is -2.59. The van der Waals surface area contributed by atoms with Crippen LogP contribution in [0, 0.1) is 5.41 Å². The molecule has 4 heteroatoms. The Kier molecular flexibility index (Phi) is 4.19. The van der Waals surface area contributed by atoms with E-state index in [0.717, 1.165) is 24.6 Å². The third-order valence-electron chi connectivity index (χ3n) is 6.30. The average molecular weight is 338 g/mol. The Labute approximate surface area is 151 Å². The van der Waals surface area contributed by atoms with Gasteiger partial charge >= 0.3 is 0 Å². The van der Waals surface area contributed by atoms with Crippen molar-refractivity contribution in [1.29, 1.82) is 0 Å². The van der Waals surface area contributed by atoms with Crippen molar-refractivity contribution in [2.75, 3.05) is 0 Å². The Morgan fingerprint density at radius 3 is 2.64 bits per heavy atom. The highest BCUT2D eigenvalue weighted by Gasteiger charge is 2.49. The predicted octanol–water partition coefficient (Wildman–Crippen LogP) is 3.89. The first-order chi connectivity index (χ1) is 11.9. The first kappa shape index (κ1) is 16.8. The summed E-state index contributed by atoms with van der Waals surface area (Å²) in [6.45, 7) is 10.1. The van der Waals surface area contributed by atoms with Crippen molar-refractivity contribution < 1.29 is 0 Å². The van der Waals surface area contributed by atoms with Crippen molar-refractivity contribution in [3.05, 3.63) is 47.5 Å². The topological polar surface area (TPSA) is 42.7 Å². The molecule has 3 atom stereocenters. The standard InChI is InChI=1S/C21H30N4/c1-14(2)20-23-19-11-10-16(13-25(19)24-20)22-18-12-17(21(18,3)4)15-8-6-5-7-9-15/h5-9,14,16-18,22H,10-13H2,1-4H3. The lowest BCUT2D eigenvalue weighted by molar-refractivity contribution is 0.0548. The first-order valence-corrected chi connectivity index (χ1v) is 9.69. The van der Waals surface area contributed by atoms with Gasteiger partial charge in [0, 0.05) is 24.4 Å². The summed E-state index contributed by atoms with van der Waals surface area (Å²) in [5, 5.41) is 8.65. The monoisotopic (exact) mass is 338 g/mol. The zero-order chi connectivity index (χ0) is 17.6. The molecule has 1 N–H and O–H groups in total. The fourth-order valence-corrected chi connectivity index (χ4v) is 4.45. The molecular weight excluding hydrogens is 308 g/mol. The Hall–Kier alpha value is -1.68. The number of rotatable bonds is 4. The van der Waals surface area contributed by atoms with Gasteiger partial charge in [0.15, 0.2) is 5.82 Å². The molecule has 4 nitrogen and oxygen atoms in total. The van der Waals surface area contributed by atoms with Crippen LogP contribution in [0.5, 0.6) is 0 Å². The van der Waals surface area contributed by atoms with E-state index < -0.39 is 0 Å². The van der Waals surface area contributed by atoms with E-state index in [4.69, 9.17) is 10.1 Å². The summed E-state index contributed by atoms with van der Waals surface area (Å²) in [5.41, 5.74) is 1.78. The number of hydrogen-bond donors (Lipinski definition) is 1. The SMILES string of the molecule is CC(C)c1nc2n(n1)CC(NC1CC(c3ccccc3)C1(C)C)CC2. The molecule has 0 bridgehead atoms. The third-order valence-corrected chi connectivity index (χ3v) is 6.30. The van der Waals surface area contributed by atoms with Crippen molar-refractivity contribution in [2.45, 2.75) is 77.4 Å². The fourth-order valence-electron chi connectivity index (χ4n) is 4.45. The number of benzene rings is 1. The van der Waals surface area contributed by atoms with Crippen LogP contribution < -0.4 is 5.32 Å². The van der Waals surface area contributed by atoms with Crippen LogP contribution in [-0.2, 0) is 13.0 Å². The molecule has 0 amide bonds. The van der Waals surface area contributed by atoms with Gasteiger partial charge in [0.05, 0.1) is 6.54 Å². The van der Waals surface area contributed by atoms with Crippen molar-refractivity contribution in [3.63, 3.8) is 0 Å². The molecule has 2 aliphatic rings. The molecule has 0 spiro atoms. The number of nitrogens with zero attached hydrogens (tertiary/aromatic N) is 3. The molecular formula is C21H30N4. The Morgan fingerprint density at radius 2 is 1.96 bits per heavy atom. The molecule has 4 rings (SSSR count). The van der Waals surface area contributed by atoms with Gasteiger partial charge in [-0.15, -0.1) is 0 Å². The Bertz CT molecular complexity index is 732. The van der Waals surface area contributed by atoms with E-state index in [2.05, 4.69) is 68.0 Å². The molecule has 25 heavy (non-hydrogen) atoms. The van der Waals surface area contributed by atoms with Gasteiger partial charge in [-0.2, -0.15) is 5.10 Å². The van der Waals surface area contributed by atoms with Crippen molar-refractivity contribution in [2.24, 2.45) is 5.41 Å². The first-order valence-electron chi connectivity index (χ1n) is 9.69. The molecule has 1 aliphatic carbocycles. The van der Waals surface area contributed by atoms with E-state index in [1.807, 2.05) is 0 Å². The van der Waals surface area contributed by atoms with Gasteiger partial charge in [-0.3, -0.25) is 0 Å². The third kappa shape index (κ3) is 3.01. The van der Waals surface area contributed by atoms with Gasteiger partial charge in [-0.1, -0.05) is 58.0 Å². The van der Waals surface area contributed by atoms with Crippen LogP contribution in [0.4, 0.5) is 0 Å².